The molecule has 0 amide bonds. The van der Waals surface area contributed by atoms with Gasteiger partial charge in [-0.1, -0.05) is 18.2 Å². The molecule has 0 atom stereocenters. The van der Waals surface area contributed by atoms with Crippen LogP contribution in [0.4, 0.5) is 4.79 Å². The van der Waals surface area contributed by atoms with Crippen LogP contribution in [0.25, 0.3) is 0 Å². The molecular weight excluding hydrogens is 210 g/mol. The summed E-state index contributed by atoms with van der Waals surface area (Å²) in [5.41, 5.74) is -1.36. The Labute approximate surface area is 84.9 Å². The molecule has 0 saturated carbocycles. The zero-order valence-electron chi connectivity index (χ0n) is 6.48. The molecule has 13 heavy (non-hydrogen) atoms. The van der Waals surface area contributed by atoms with Crippen LogP contribution in [0.15, 0.2) is 35.2 Å². The van der Waals surface area contributed by atoms with Gasteiger partial charge in [0, 0.05) is 16.5 Å². The molecule has 1 rings (SSSR count). The lowest BCUT2D eigenvalue weighted by Gasteiger charge is -1.86. The number of carbonyl (C=O) groups is 1. The molecule has 0 fully saturated rings. The van der Waals surface area contributed by atoms with Crippen molar-refractivity contribution in [3.63, 3.8) is 0 Å². The first-order valence-electron chi connectivity index (χ1n) is 3.16. The van der Waals surface area contributed by atoms with E-state index in [0.717, 1.165) is 4.90 Å². The van der Waals surface area contributed by atoms with E-state index in [0.29, 0.717) is 0 Å². The number of rotatable bonds is 1. The van der Waals surface area contributed by atoms with Crippen molar-refractivity contribution in [1.82, 2.24) is 0 Å². The first-order valence-corrected chi connectivity index (χ1v) is 4.35. The molecule has 0 aliphatic rings. The highest BCUT2D eigenvalue weighted by molar-refractivity contribution is 8.03. The number of nitriles is 1. The Balaban J connectivity index is 0.000000310. The molecule has 5 heteroatoms. The van der Waals surface area contributed by atoms with Gasteiger partial charge in [0.1, 0.15) is 5.40 Å². The van der Waals surface area contributed by atoms with Gasteiger partial charge >= 0.3 is 5.43 Å². The standard InChI is InChI=1S/C7H5NS.CHClO2/c8-6-9-7-4-2-1-3-5-7;2-1(3)4/h1-5H;(H,3,4). The fraction of sp³-hybridized carbons (Fsp3) is 0. The third-order valence-corrected chi connectivity index (χ3v) is 1.51. The van der Waals surface area contributed by atoms with Gasteiger partial charge in [0.15, 0.2) is 0 Å². The van der Waals surface area contributed by atoms with Gasteiger partial charge in [-0.2, -0.15) is 5.26 Å². The number of nitrogens with zero attached hydrogens (tertiary/aromatic N) is 1. The minimum Gasteiger partial charge on any atom is -0.469 e. The van der Waals surface area contributed by atoms with E-state index in [9.17, 15) is 0 Å². The topological polar surface area (TPSA) is 61.1 Å². The van der Waals surface area contributed by atoms with Crippen molar-refractivity contribution < 1.29 is 9.90 Å². The Hall–Kier alpha value is -1.18. The van der Waals surface area contributed by atoms with E-state index >= 15 is 0 Å². The Kier molecular flexibility index (Phi) is 6.79. The van der Waals surface area contributed by atoms with E-state index in [1.807, 2.05) is 35.7 Å². The van der Waals surface area contributed by atoms with Crippen molar-refractivity contribution in [2.45, 2.75) is 4.90 Å². The highest BCUT2D eigenvalue weighted by Gasteiger charge is 1.85. The highest BCUT2D eigenvalue weighted by Crippen LogP contribution is 2.13. The van der Waals surface area contributed by atoms with Crippen LogP contribution in [0.5, 0.6) is 0 Å². The molecule has 0 aromatic heterocycles. The quantitative estimate of drug-likeness (QED) is 0.444. The molecule has 0 saturated heterocycles. The van der Waals surface area contributed by atoms with E-state index in [4.69, 9.17) is 15.2 Å². The summed E-state index contributed by atoms with van der Waals surface area (Å²) >= 11 is 5.37. The van der Waals surface area contributed by atoms with Crippen molar-refractivity contribution in [2.75, 3.05) is 0 Å². The van der Waals surface area contributed by atoms with Crippen molar-refractivity contribution in [2.24, 2.45) is 0 Å². The van der Waals surface area contributed by atoms with Crippen LogP contribution in [-0.4, -0.2) is 10.5 Å². The predicted octanol–water partition coefficient (Wildman–Crippen LogP) is 3.16. The molecule has 1 N–H and O–H groups in total. The van der Waals surface area contributed by atoms with E-state index in [2.05, 4.69) is 11.6 Å². The van der Waals surface area contributed by atoms with Gasteiger partial charge in [0.2, 0.25) is 0 Å². The Bertz CT molecular complexity index is 293. The lowest BCUT2D eigenvalue weighted by Crippen LogP contribution is -1.66. The molecule has 1 aromatic rings. The lowest BCUT2D eigenvalue weighted by molar-refractivity contribution is 0.220. The molecule has 3 nitrogen and oxygen atoms in total. The SMILES string of the molecule is N#CSc1ccccc1.O=C(O)Cl. The molecule has 0 bridgehead atoms. The second kappa shape index (κ2) is 7.47. The number of benzene rings is 1. The van der Waals surface area contributed by atoms with Gasteiger partial charge in [0.25, 0.3) is 0 Å². The maximum Gasteiger partial charge on any atom is 0.401 e. The number of hydrogen-bond donors (Lipinski definition) is 1. The zero-order valence-corrected chi connectivity index (χ0v) is 8.05. The molecular formula is C8H6ClNO2S. The average molecular weight is 216 g/mol. The fourth-order valence-electron chi connectivity index (χ4n) is 0.541. The molecule has 0 aliphatic carbocycles. The zero-order chi connectivity index (χ0) is 10.1. The number of halogens is 1. The van der Waals surface area contributed by atoms with Crippen LogP contribution in [0, 0.1) is 10.7 Å². The van der Waals surface area contributed by atoms with Gasteiger partial charge in [-0.3, -0.25) is 0 Å². The van der Waals surface area contributed by atoms with Gasteiger partial charge in [0.05, 0.1) is 0 Å². The smallest absolute Gasteiger partial charge is 0.401 e. The fourth-order valence-corrected chi connectivity index (χ4v) is 0.940. The molecule has 68 valence electrons. The van der Waals surface area contributed by atoms with E-state index in [-0.39, 0.29) is 0 Å². The first-order chi connectivity index (χ1) is 6.16. The number of hydrogen-bond acceptors (Lipinski definition) is 3. The lowest BCUT2D eigenvalue weighted by atomic mass is 10.4. The number of carboxylic acid groups (broad SMARTS) is 1. The maximum atomic E-state index is 8.77. The number of thioether (sulfide) groups is 1. The summed E-state index contributed by atoms with van der Waals surface area (Å²) < 4.78 is 0. The Morgan fingerprint density at radius 3 is 2.31 bits per heavy atom. The normalized spacial score (nSPS) is 7.69. The van der Waals surface area contributed by atoms with Crippen LogP contribution in [0.1, 0.15) is 0 Å². The summed E-state index contributed by atoms with van der Waals surface area (Å²) in [4.78, 5) is 9.77. The van der Waals surface area contributed by atoms with Gasteiger partial charge in [-0.25, -0.2) is 4.79 Å². The number of thiocyanates is 1. The summed E-state index contributed by atoms with van der Waals surface area (Å²) in [6, 6.07) is 9.59. The van der Waals surface area contributed by atoms with Crippen molar-refractivity contribution >= 4 is 28.8 Å². The molecule has 0 radical (unpaired) electrons. The largest absolute Gasteiger partial charge is 0.469 e. The molecule has 0 aliphatic heterocycles. The van der Waals surface area contributed by atoms with E-state index < -0.39 is 5.43 Å². The third kappa shape index (κ3) is 8.73. The van der Waals surface area contributed by atoms with Crippen molar-refractivity contribution in [3.05, 3.63) is 30.3 Å². The highest BCUT2D eigenvalue weighted by atomic mass is 35.5. The summed E-state index contributed by atoms with van der Waals surface area (Å²) in [6.07, 6.45) is 0. The first kappa shape index (κ1) is 11.8. The minimum atomic E-state index is -1.36. The van der Waals surface area contributed by atoms with Gasteiger partial charge in [-0.15, -0.1) is 0 Å². The monoisotopic (exact) mass is 215 g/mol. The Morgan fingerprint density at radius 1 is 1.46 bits per heavy atom. The van der Waals surface area contributed by atoms with Crippen molar-refractivity contribution in [3.8, 4) is 5.40 Å². The van der Waals surface area contributed by atoms with E-state index in [1.54, 1.807) is 0 Å². The molecule has 1 aromatic carbocycles. The van der Waals surface area contributed by atoms with Crippen LogP contribution >= 0.6 is 23.4 Å². The van der Waals surface area contributed by atoms with Crippen molar-refractivity contribution in [1.29, 1.82) is 5.26 Å². The van der Waals surface area contributed by atoms with Crippen LogP contribution in [0.3, 0.4) is 0 Å². The van der Waals surface area contributed by atoms with Gasteiger partial charge in [-0.05, 0) is 23.9 Å². The Morgan fingerprint density at radius 2 is 1.92 bits per heavy atom. The summed E-state index contributed by atoms with van der Waals surface area (Å²) in [6.45, 7) is 0. The summed E-state index contributed by atoms with van der Waals surface area (Å²) in [7, 11) is 0. The molecule has 0 unspecified atom stereocenters. The second-order valence-corrected chi connectivity index (χ2v) is 2.94. The van der Waals surface area contributed by atoms with Gasteiger partial charge < -0.3 is 5.11 Å². The second-order valence-electron chi connectivity index (χ2n) is 1.76. The average Bonchev–Trinajstić information content (AvgIpc) is 2.06. The molecule has 0 spiro atoms. The summed E-state index contributed by atoms with van der Waals surface area (Å²) in [5, 5.41) is 17.4. The summed E-state index contributed by atoms with van der Waals surface area (Å²) in [5.74, 6) is 0. The predicted molar refractivity (Wildman–Crippen MR) is 51.8 cm³/mol. The van der Waals surface area contributed by atoms with Crippen LogP contribution < -0.4 is 0 Å². The molecule has 0 heterocycles. The minimum absolute atomic E-state index is 1.00. The third-order valence-electron chi connectivity index (χ3n) is 0.907. The van der Waals surface area contributed by atoms with E-state index in [1.165, 1.54) is 11.8 Å². The maximum absolute atomic E-state index is 8.77. The van der Waals surface area contributed by atoms with Crippen LogP contribution in [-0.2, 0) is 0 Å². The van der Waals surface area contributed by atoms with Crippen LogP contribution in [0.2, 0.25) is 0 Å².